The maximum absolute atomic E-state index is 14.1. The second kappa shape index (κ2) is 20.6. The van der Waals surface area contributed by atoms with Crippen molar-refractivity contribution >= 4 is 23.6 Å². The van der Waals surface area contributed by atoms with Crippen LogP contribution in [0.3, 0.4) is 0 Å². The lowest BCUT2D eigenvalue weighted by Crippen LogP contribution is -2.59. The fourth-order valence-corrected chi connectivity index (χ4v) is 7.25. The van der Waals surface area contributed by atoms with Crippen LogP contribution in [0.25, 0.3) is 0 Å². The fraction of sp³-hybridized carbons (Fsp3) is 0.737. The van der Waals surface area contributed by atoms with E-state index < -0.39 is 36.3 Å². The molecule has 0 aliphatic carbocycles. The van der Waals surface area contributed by atoms with Gasteiger partial charge >= 0.3 is 0 Å². The van der Waals surface area contributed by atoms with E-state index in [-0.39, 0.29) is 59.6 Å². The average molecular weight is 704 g/mol. The van der Waals surface area contributed by atoms with Gasteiger partial charge in [0.15, 0.2) is 0 Å². The summed E-state index contributed by atoms with van der Waals surface area (Å²) in [7, 11) is 6.60. The third-order valence-corrected chi connectivity index (χ3v) is 10.4. The Morgan fingerprint density at radius 2 is 1.62 bits per heavy atom. The highest BCUT2D eigenvalue weighted by Gasteiger charge is 2.43. The van der Waals surface area contributed by atoms with Crippen LogP contribution in [0.2, 0.25) is 0 Å². The first-order valence-electron chi connectivity index (χ1n) is 18.3. The van der Waals surface area contributed by atoms with Gasteiger partial charge in [-0.25, -0.2) is 0 Å². The van der Waals surface area contributed by atoms with E-state index >= 15 is 0 Å². The van der Waals surface area contributed by atoms with Crippen molar-refractivity contribution in [3.63, 3.8) is 0 Å². The van der Waals surface area contributed by atoms with Crippen LogP contribution < -0.4 is 16.0 Å². The van der Waals surface area contributed by atoms with Gasteiger partial charge in [0.05, 0.1) is 42.7 Å². The molecule has 0 radical (unpaired) electrons. The zero-order chi connectivity index (χ0) is 37.7. The quantitative estimate of drug-likeness (QED) is 0.162. The van der Waals surface area contributed by atoms with E-state index in [0.29, 0.717) is 25.9 Å². The molecule has 12 heteroatoms. The van der Waals surface area contributed by atoms with Crippen LogP contribution >= 0.6 is 0 Å². The standard InChI is InChI=1S/C38H65N5O7/c1-12-25(6)34(42(9)38(48)33(24(4)5)41-37(47)32(39-8)23(2)3)30(49-10)22-31(45)43-21-15-17-28(43)35(50-11)26(7)36(46)40-20-19-27-16-13-14-18-29(27)44/h13-14,16,18,23-26,28,30,32-35,39,44H,12,15,17,19-22H2,1-11H3,(H,40,46)(H,41,47)/t25?,26-,28+,30-,32+,33+,34+,35-/m1/s1. The van der Waals surface area contributed by atoms with Crippen molar-refractivity contribution < 1.29 is 33.8 Å². The Kier molecular flexibility index (Phi) is 17.7. The molecule has 1 aromatic rings. The van der Waals surface area contributed by atoms with E-state index in [4.69, 9.17) is 9.47 Å². The molecule has 2 rings (SSSR count). The second-order valence-electron chi connectivity index (χ2n) is 14.5. The summed E-state index contributed by atoms with van der Waals surface area (Å²) in [6, 6.07) is 5.13. The number of likely N-dealkylation sites (tertiary alicyclic amines) is 1. The molecule has 1 heterocycles. The Hall–Kier alpha value is -3.22. The molecule has 4 N–H and O–H groups in total. The predicted molar refractivity (Wildman–Crippen MR) is 195 cm³/mol. The van der Waals surface area contributed by atoms with Gasteiger partial charge in [-0.1, -0.05) is 73.1 Å². The number of nitrogens with zero attached hydrogens (tertiary/aromatic N) is 2. The molecule has 8 atom stereocenters. The van der Waals surface area contributed by atoms with Crippen molar-refractivity contribution in [1.29, 1.82) is 0 Å². The summed E-state index contributed by atoms with van der Waals surface area (Å²) < 4.78 is 11.9. The lowest BCUT2D eigenvalue weighted by molar-refractivity contribution is -0.147. The second-order valence-corrected chi connectivity index (χ2v) is 14.5. The highest BCUT2D eigenvalue weighted by molar-refractivity contribution is 5.90. The number of ether oxygens (including phenoxy) is 2. The predicted octanol–water partition coefficient (Wildman–Crippen LogP) is 3.36. The zero-order valence-electron chi connectivity index (χ0n) is 32.3. The number of aromatic hydroxyl groups is 1. The van der Waals surface area contributed by atoms with Crippen LogP contribution in [-0.4, -0.2) is 116 Å². The topological polar surface area (TPSA) is 150 Å². The molecule has 12 nitrogen and oxygen atoms in total. The molecule has 1 unspecified atom stereocenters. The van der Waals surface area contributed by atoms with E-state index in [1.807, 2.05) is 65.5 Å². The van der Waals surface area contributed by atoms with E-state index in [1.165, 1.54) is 0 Å². The third kappa shape index (κ3) is 11.1. The summed E-state index contributed by atoms with van der Waals surface area (Å²) in [5.74, 6) is -1.23. The summed E-state index contributed by atoms with van der Waals surface area (Å²) in [5.41, 5.74) is 0.755. The maximum atomic E-state index is 14.1. The van der Waals surface area contributed by atoms with Crippen LogP contribution in [0.15, 0.2) is 24.3 Å². The smallest absolute Gasteiger partial charge is 0.245 e. The summed E-state index contributed by atoms with van der Waals surface area (Å²) in [5, 5.41) is 19.1. The summed E-state index contributed by atoms with van der Waals surface area (Å²) >= 11 is 0. The van der Waals surface area contributed by atoms with E-state index in [9.17, 15) is 24.3 Å². The minimum atomic E-state index is -0.752. The number of methoxy groups -OCH3 is 2. The molecule has 0 bridgehead atoms. The third-order valence-electron chi connectivity index (χ3n) is 10.4. The van der Waals surface area contributed by atoms with E-state index in [0.717, 1.165) is 18.4 Å². The number of carbonyl (C=O) groups excluding carboxylic acids is 4. The molecule has 0 saturated carbocycles. The molecule has 1 fully saturated rings. The van der Waals surface area contributed by atoms with Crippen molar-refractivity contribution in [3.05, 3.63) is 29.8 Å². The lowest BCUT2D eigenvalue weighted by Gasteiger charge is -2.41. The van der Waals surface area contributed by atoms with E-state index in [1.54, 1.807) is 45.3 Å². The molecule has 1 aromatic carbocycles. The Labute approximate surface area is 300 Å². The van der Waals surface area contributed by atoms with Gasteiger partial charge in [-0.3, -0.25) is 19.2 Å². The van der Waals surface area contributed by atoms with Crippen molar-refractivity contribution in [1.82, 2.24) is 25.8 Å². The van der Waals surface area contributed by atoms with Crippen LogP contribution in [0, 0.1) is 23.7 Å². The van der Waals surface area contributed by atoms with Gasteiger partial charge in [0.25, 0.3) is 0 Å². The zero-order valence-corrected chi connectivity index (χ0v) is 32.3. The lowest BCUT2D eigenvalue weighted by atomic mass is 9.89. The molecule has 1 aliphatic heterocycles. The monoisotopic (exact) mass is 703 g/mol. The number of rotatable bonds is 20. The number of benzene rings is 1. The number of amides is 4. The first-order chi connectivity index (χ1) is 23.6. The fourth-order valence-electron chi connectivity index (χ4n) is 7.25. The van der Waals surface area contributed by atoms with Crippen molar-refractivity contribution in [3.8, 4) is 5.75 Å². The number of phenols is 1. The largest absolute Gasteiger partial charge is 0.508 e. The van der Waals surface area contributed by atoms with Gasteiger partial charge in [0, 0.05) is 34.4 Å². The minimum Gasteiger partial charge on any atom is -0.508 e. The number of carbonyl (C=O) groups is 4. The van der Waals surface area contributed by atoms with Crippen molar-refractivity contribution in [2.24, 2.45) is 23.7 Å². The average Bonchev–Trinajstić information content (AvgIpc) is 3.57. The normalized spacial score (nSPS) is 19.0. The highest BCUT2D eigenvalue weighted by atomic mass is 16.5. The SMILES string of the molecule is CCC(C)[C@@H]([C@@H](CC(=O)N1CCC[C@H]1[C@H](OC)[C@@H](C)C(=O)NCCc1ccccc1O)OC)N(C)C(=O)[C@@H](NC(=O)[C@@H](NC)C(C)C)C(C)C. The molecular weight excluding hydrogens is 638 g/mol. The van der Waals surface area contributed by atoms with Gasteiger partial charge < -0.3 is 40.3 Å². The maximum Gasteiger partial charge on any atom is 0.245 e. The van der Waals surface area contributed by atoms with Gasteiger partial charge in [-0.15, -0.1) is 0 Å². The van der Waals surface area contributed by atoms with Crippen LogP contribution in [0.5, 0.6) is 5.75 Å². The van der Waals surface area contributed by atoms with Crippen LogP contribution in [-0.2, 0) is 35.1 Å². The van der Waals surface area contributed by atoms with Gasteiger partial charge in [-0.2, -0.15) is 0 Å². The Morgan fingerprint density at radius 1 is 0.980 bits per heavy atom. The van der Waals surface area contributed by atoms with Gasteiger partial charge in [0.2, 0.25) is 23.6 Å². The number of phenolic OH excluding ortho intramolecular Hbond substituents is 1. The highest BCUT2D eigenvalue weighted by Crippen LogP contribution is 2.29. The first-order valence-corrected chi connectivity index (χ1v) is 18.3. The molecule has 1 saturated heterocycles. The summed E-state index contributed by atoms with van der Waals surface area (Å²) in [4.78, 5) is 58.0. The number of hydrogen-bond acceptors (Lipinski definition) is 8. The Bertz CT molecular complexity index is 1240. The summed E-state index contributed by atoms with van der Waals surface area (Å²) in [6.45, 7) is 14.5. The van der Waals surface area contributed by atoms with Crippen molar-refractivity contribution in [2.75, 3.05) is 41.4 Å². The molecular formula is C38H65N5O7. The number of likely N-dealkylation sites (N-methyl/N-ethyl adjacent to an activating group) is 2. The minimum absolute atomic E-state index is 0.00597. The first kappa shape index (κ1) is 42.9. The number of nitrogens with one attached hydrogen (secondary N) is 3. The number of para-hydroxylation sites is 1. The molecule has 0 spiro atoms. The van der Waals surface area contributed by atoms with Crippen LogP contribution in [0.1, 0.15) is 79.7 Å². The van der Waals surface area contributed by atoms with E-state index in [2.05, 4.69) is 16.0 Å². The van der Waals surface area contributed by atoms with Gasteiger partial charge in [-0.05, 0) is 55.7 Å². The van der Waals surface area contributed by atoms with Crippen LogP contribution in [0.4, 0.5) is 0 Å². The molecule has 50 heavy (non-hydrogen) atoms. The van der Waals surface area contributed by atoms with Gasteiger partial charge in [0.1, 0.15) is 11.8 Å². The molecule has 4 amide bonds. The Balaban J connectivity index is 2.20. The summed E-state index contributed by atoms with van der Waals surface area (Å²) in [6.07, 6.45) is 1.64. The molecule has 284 valence electrons. The van der Waals surface area contributed by atoms with Crippen molar-refractivity contribution in [2.45, 2.75) is 117 Å². The molecule has 1 aliphatic rings. The molecule has 0 aromatic heterocycles. The Morgan fingerprint density at radius 3 is 2.16 bits per heavy atom. The number of hydrogen-bond donors (Lipinski definition) is 4.